The van der Waals surface area contributed by atoms with Gasteiger partial charge in [0.1, 0.15) is 0 Å². The van der Waals surface area contributed by atoms with Crippen molar-refractivity contribution in [2.45, 2.75) is 29.2 Å². The van der Waals surface area contributed by atoms with Crippen molar-refractivity contribution < 1.29 is 18.0 Å². The lowest BCUT2D eigenvalue weighted by atomic mass is 10.1. The van der Waals surface area contributed by atoms with Crippen molar-refractivity contribution >= 4 is 38.9 Å². The molecule has 2 amide bonds. The van der Waals surface area contributed by atoms with Crippen molar-refractivity contribution in [2.24, 2.45) is 0 Å². The molecule has 0 unspecified atom stereocenters. The van der Waals surface area contributed by atoms with E-state index in [0.717, 1.165) is 25.2 Å². The van der Waals surface area contributed by atoms with E-state index in [0.29, 0.717) is 17.1 Å². The van der Waals surface area contributed by atoms with Crippen molar-refractivity contribution in [3.8, 4) is 0 Å². The number of halogens is 1. The first-order valence-electron chi connectivity index (χ1n) is 11.9. The Bertz CT molecular complexity index is 1420. The second kappa shape index (κ2) is 10.0. The summed E-state index contributed by atoms with van der Waals surface area (Å²) in [7, 11) is -4.00. The number of nitrogens with one attached hydrogen (secondary N) is 1. The van der Waals surface area contributed by atoms with Crippen LogP contribution >= 0.6 is 11.6 Å². The standard InChI is InChI=1S/C27H26ClN3O4S/c28-21-10-7-19(8-11-21)18-31-23-17-20(26(32)29-13-16-30-14-3-4-15-30)9-12-25(23)36(34,35)24-6-2-1-5-22(24)27(31)33/h1-2,5-12,17H,3-4,13-16,18H2,(H,29,32). The molecular formula is C27H26ClN3O4S. The first-order valence-corrected chi connectivity index (χ1v) is 13.8. The molecule has 186 valence electrons. The summed E-state index contributed by atoms with van der Waals surface area (Å²) >= 11 is 6.03. The van der Waals surface area contributed by atoms with Gasteiger partial charge < -0.3 is 15.1 Å². The molecule has 5 rings (SSSR count). The highest BCUT2D eigenvalue weighted by Gasteiger charge is 2.36. The predicted octanol–water partition coefficient (Wildman–Crippen LogP) is 4.16. The van der Waals surface area contributed by atoms with Gasteiger partial charge in [-0.05, 0) is 74.0 Å². The molecule has 3 aromatic carbocycles. The van der Waals surface area contributed by atoms with E-state index >= 15 is 0 Å². The Balaban J connectivity index is 1.53. The fraction of sp³-hybridized carbons (Fsp3) is 0.259. The molecule has 2 heterocycles. The summed E-state index contributed by atoms with van der Waals surface area (Å²) in [6.07, 6.45) is 2.35. The maximum atomic E-state index is 13.7. The molecule has 9 heteroatoms. The Kier molecular flexibility index (Phi) is 6.83. The van der Waals surface area contributed by atoms with Crippen molar-refractivity contribution in [1.29, 1.82) is 0 Å². The van der Waals surface area contributed by atoms with Gasteiger partial charge in [-0.25, -0.2) is 8.42 Å². The first kappa shape index (κ1) is 24.5. The SMILES string of the molecule is O=C(NCCN1CCCC1)c1ccc2c(c1)N(Cc1ccc(Cl)cc1)C(=O)c1ccccc1S2(=O)=O. The highest BCUT2D eigenvalue weighted by molar-refractivity contribution is 7.91. The summed E-state index contributed by atoms with van der Waals surface area (Å²) < 4.78 is 27.2. The average molecular weight is 524 g/mol. The van der Waals surface area contributed by atoms with Crippen LogP contribution in [0.5, 0.6) is 0 Å². The number of hydrogen-bond donors (Lipinski definition) is 1. The average Bonchev–Trinajstić information content (AvgIpc) is 3.39. The van der Waals surface area contributed by atoms with Gasteiger partial charge in [-0.15, -0.1) is 0 Å². The maximum Gasteiger partial charge on any atom is 0.259 e. The third-order valence-electron chi connectivity index (χ3n) is 6.62. The smallest absolute Gasteiger partial charge is 0.259 e. The molecule has 0 saturated carbocycles. The number of carbonyl (C=O) groups excluding carboxylic acids is 2. The molecule has 3 aromatic rings. The second-order valence-electron chi connectivity index (χ2n) is 9.00. The van der Waals surface area contributed by atoms with Crippen LogP contribution < -0.4 is 10.2 Å². The second-order valence-corrected chi connectivity index (χ2v) is 11.3. The number of rotatable bonds is 6. The lowest BCUT2D eigenvalue weighted by Gasteiger charge is -2.23. The quantitative estimate of drug-likeness (QED) is 0.524. The monoisotopic (exact) mass is 523 g/mol. The third-order valence-corrected chi connectivity index (χ3v) is 8.73. The highest BCUT2D eigenvalue weighted by atomic mass is 35.5. The van der Waals surface area contributed by atoms with Crippen LogP contribution in [0.1, 0.15) is 39.1 Å². The van der Waals surface area contributed by atoms with Gasteiger partial charge in [0.05, 0.1) is 27.6 Å². The van der Waals surface area contributed by atoms with E-state index in [-0.39, 0.29) is 33.5 Å². The van der Waals surface area contributed by atoms with E-state index in [9.17, 15) is 18.0 Å². The van der Waals surface area contributed by atoms with Gasteiger partial charge in [0.2, 0.25) is 9.84 Å². The van der Waals surface area contributed by atoms with Gasteiger partial charge in [0.15, 0.2) is 0 Å². The molecule has 1 N–H and O–H groups in total. The minimum atomic E-state index is -4.00. The Morgan fingerprint density at radius 2 is 1.67 bits per heavy atom. The number of anilines is 1. The molecule has 1 saturated heterocycles. The summed E-state index contributed by atoms with van der Waals surface area (Å²) in [5, 5.41) is 3.48. The van der Waals surface area contributed by atoms with E-state index in [1.807, 2.05) is 0 Å². The number of hydrogen-bond acceptors (Lipinski definition) is 5. The molecular weight excluding hydrogens is 498 g/mol. The molecule has 1 fully saturated rings. The summed E-state index contributed by atoms with van der Waals surface area (Å²) in [5.41, 5.74) is 1.35. The number of sulfone groups is 1. The van der Waals surface area contributed by atoms with E-state index < -0.39 is 15.7 Å². The minimum absolute atomic E-state index is 0.0108. The number of amides is 2. The van der Waals surface area contributed by atoms with Crippen LogP contribution in [-0.2, 0) is 16.4 Å². The molecule has 2 aliphatic rings. The largest absolute Gasteiger partial charge is 0.351 e. The maximum absolute atomic E-state index is 13.7. The fourth-order valence-electron chi connectivity index (χ4n) is 4.71. The van der Waals surface area contributed by atoms with E-state index in [1.54, 1.807) is 36.4 Å². The van der Waals surface area contributed by atoms with Crippen molar-refractivity contribution in [3.63, 3.8) is 0 Å². The summed E-state index contributed by atoms with van der Waals surface area (Å²) in [4.78, 5) is 30.3. The number of likely N-dealkylation sites (tertiary alicyclic amines) is 1. The number of benzene rings is 3. The molecule has 0 aromatic heterocycles. The van der Waals surface area contributed by atoms with Gasteiger partial charge >= 0.3 is 0 Å². The minimum Gasteiger partial charge on any atom is -0.351 e. The van der Waals surface area contributed by atoms with E-state index in [4.69, 9.17) is 11.6 Å². The van der Waals surface area contributed by atoms with Gasteiger partial charge in [-0.3, -0.25) is 9.59 Å². The zero-order valence-corrected chi connectivity index (χ0v) is 21.2. The van der Waals surface area contributed by atoms with Gasteiger partial charge in [-0.2, -0.15) is 0 Å². The molecule has 0 atom stereocenters. The first-order chi connectivity index (χ1) is 17.3. The lowest BCUT2D eigenvalue weighted by Crippen LogP contribution is -2.34. The van der Waals surface area contributed by atoms with Crippen molar-refractivity contribution in [1.82, 2.24) is 10.2 Å². The van der Waals surface area contributed by atoms with Crippen LogP contribution in [0.4, 0.5) is 5.69 Å². The zero-order chi connectivity index (χ0) is 25.3. The van der Waals surface area contributed by atoms with Crippen LogP contribution in [0.25, 0.3) is 0 Å². The summed E-state index contributed by atoms with van der Waals surface area (Å²) in [5.74, 6) is -0.760. The number of carbonyl (C=O) groups is 2. The number of nitrogens with zero attached hydrogens (tertiary/aromatic N) is 2. The molecule has 0 spiro atoms. The molecule has 7 nitrogen and oxygen atoms in total. The molecule has 2 aliphatic heterocycles. The fourth-order valence-corrected chi connectivity index (χ4v) is 6.47. The third kappa shape index (κ3) is 4.76. The molecule has 36 heavy (non-hydrogen) atoms. The normalized spacial score (nSPS) is 16.8. The lowest BCUT2D eigenvalue weighted by molar-refractivity contribution is 0.0946. The highest BCUT2D eigenvalue weighted by Crippen LogP contribution is 2.38. The predicted molar refractivity (Wildman–Crippen MR) is 138 cm³/mol. The van der Waals surface area contributed by atoms with Crippen molar-refractivity contribution in [3.05, 3.63) is 88.4 Å². The summed E-state index contributed by atoms with van der Waals surface area (Å²) in [6, 6.07) is 17.6. The Labute approximate surface area is 215 Å². The van der Waals surface area contributed by atoms with Crippen LogP contribution in [0.15, 0.2) is 76.5 Å². The molecule has 0 radical (unpaired) electrons. The van der Waals surface area contributed by atoms with Crippen LogP contribution in [0, 0.1) is 0 Å². The van der Waals surface area contributed by atoms with Gasteiger partial charge in [0, 0.05) is 23.7 Å². The van der Waals surface area contributed by atoms with Gasteiger partial charge in [0.25, 0.3) is 11.8 Å². The molecule has 0 aliphatic carbocycles. The number of fused-ring (bicyclic) bond motifs is 2. The van der Waals surface area contributed by atoms with Crippen LogP contribution in [0.2, 0.25) is 5.02 Å². The van der Waals surface area contributed by atoms with E-state index in [2.05, 4.69) is 10.2 Å². The van der Waals surface area contributed by atoms with Gasteiger partial charge in [-0.1, -0.05) is 35.9 Å². The summed E-state index contributed by atoms with van der Waals surface area (Å²) in [6.45, 7) is 3.45. The topological polar surface area (TPSA) is 86.8 Å². The van der Waals surface area contributed by atoms with Crippen molar-refractivity contribution in [2.75, 3.05) is 31.1 Å². The zero-order valence-electron chi connectivity index (χ0n) is 19.6. The van der Waals surface area contributed by atoms with Crippen LogP contribution in [0.3, 0.4) is 0 Å². The Hall–Kier alpha value is -3.20. The molecule has 0 bridgehead atoms. The van der Waals surface area contributed by atoms with E-state index in [1.165, 1.54) is 48.1 Å². The van der Waals surface area contributed by atoms with Crippen LogP contribution in [-0.4, -0.2) is 51.3 Å². The Morgan fingerprint density at radius 3 is 2.42 bits per heavy atom. The Morgan fingerprint density at radius 1 is 0.944 bits per heavy atom.